The summed E-state index contributed by atoms with van der Waals surface area (Å²) < 4.78 is 78.4. The first-order chi connectivity index (χ1) is 26.6. The number of rotatable bonds is 3. The van der Waals surface area contributed by atoms with E-state index < -0.39 is 24.2 Å². The van der Waals surface area contributed by atoms with Gasteiger partial charge in [0.1, 0.15) is 11.2 Å². The Kier molecular flexibility index (Phi) is 4.19. The molecular formula is C46H28O. The zero-order valence-electron chi connectivity index (χ0n) is 33.0. The van der Waals surface area contributed by atoms with Gasteiger partial charge in [-0.05, 0) is 101 Å². The summed E-state index contributed by atoms with van der Waals surface area (Å²) in [6.45, 7) is 0. The molecule has 0 unspecified atom stereocenters. The van der Waals surface area contributed by atoms with Crippen molar-refractivity contribution in [1.29, 1.82) is 0 Å². The third-order valence-corrected chi connectivity index (χ3v) is 9.26. The second kappa shape index (κ2) is 10.2. The summed E-state index contributed by atoms with van der Waals surface area (Å²) in [4.78, 5) is 0. The van der Waals surface area contributed by atoms with Crippen molar-refractivity contribution in [2.75, 3.05) is 0 Å². The van der Waals surface area contributed by atoms with Crippen LogP contribution in [0.2, 0.25) is 0 Å². The molecule has 0 radical (unpaired) electrons. The van der Waals surface area contributed by atoms with Gasteiger partial charge in [-0.3, -0.25) is 0 Å². The number of hydrogen-bond acceptors (Lipinski definition) is 1. The maximum atomic E-state index is 9.29. The van der Waals surface area contributed by atoms with Crippen LogP contribution in [0.25, 0.3) is 98.4 Å². The molecule has 0 amide bonds. The number of hydrogen-bond donors (Lipinski definition) is 0. The SMILES string of the molecule is [2H]c1c([2H])c([2H])c2c(-c3ccc4ccccc4c3)c3c([2H])c([2H])c([2H])c([2H])c3c(-c3ccc(-c4cccc5oc6cc7ccccc7cc6c45)cc3)c2c1[2H]. The lowest BCUT2D eigenvalue weighted by Crippen LogP contribution is -1.91. The number of fused-ring (bicyclic) bond motifs is 7. The van der Waals surface area contributed by atoms with Crippen molar-refractivity contribution in [2.24, 2.45) is 0 Å². The van der Waals surface area contributed by atoms with E-state index in [-0.39, 0.29) is 45.7 Å². The highest BCUT2D eigenvalue weighted by molar-refractivity contribution is 6.22. The topological polar surface area (TPSA) is 13.1 Å². The van der Waals surface area contributed by atoms with Crippen LogP contribution in [0.3, 0.4) is 0 Å². The van der Waals surface area contributed by atoms with Crippen LogP contribution in [0.1, 0.15) is 11.0 Å². The van der Waals surface area contributed by atoms with E-state index in [1.807, 2.05) is 97.1 Å². The molecule has 218 valence electrons. The first-order valence-electron chi connectivity index (χ1n) is 19.5. The first-order valence-corrected chi connectivity index (χ1v) is 15.5. The van der Waals surface area contributed by atoms with Crippen LogP contribution in [0.15, 0.2) is 174 Å². The highest BCUT2D eigenvalue weighted by atomic mass is 16.3. The minimum Gasteiger partial charge on any atom is -0.456 e. The molecule has 0 fully saturated rings. The Morgan fingerprint density at radius 3 is 1.57 bits per heavy atom. The zero-order chi connectivity index (χ0) is 37.9. The van der Waals surface area contributed by atoms with E-state index in [9.17, 15) is 5.48 Å². The van der Waals surface area contributed by atoms with E-state index in [1.54, 1.807) is 0 Å². The molecule has 47 heavy (non-hydrogen) atoms. The lowest BCUT2D eigenvalue weighted by atomic mass is 9.85. The van der Waals surface area contributed by atoms with Gasteiger partial charge in [-0.25, -0.2) is 0 Å². The Balaban J connectivity index is 1.29. The van der Waals surface area contributed by atoms with Gasteiger partial charge in [0, 0.05) is 10.8 Å². The van der Waals surface area contributed by atoms with Crippen molar-refractivity contribution in [1.82, 2.24) is 0 Å². The minimum atomic E-state index is -0.425. The van der Waals surface area contributed by atoms with Crippen molar-refractivity contribution in [3.63, 3.8) is 0 Å². The fraction of sp³-hybridized carbons (Fsp3) is 0. The summed E-state index contributed by atoms with van der Waals surface area (Å²) in [6.07, 6.45) is 0. The molecule has 0 aliphatic heterocycles. The fourth-order valence-electron chi connectivity index (χ4n) is 7.12. The monoisotopic (exact) mass is 604 g/mol. The molecule has 1 aromatic heterocycles. The van der Waals surface area contributed by atoms with E-state index in [2.05, 4.69) is 24.3 Å². The van der Waals surface area contributed by atoms with Crippen LogP contribution in [-0.4, -0.2) is 0 Å². The predicted octanol–water partition coefficient (Wildman–Crippen LogP) is 13.2. The Bertz CT molecular complexity index is 3210. The molecule has 0 spiro atoms. The summed E-state index contributed by atoms with van der Waals surface area (Å²) in [5.74, 6) is 0. The van der Waals surface area contributed by atoms with Crippen LogP contribution in [-0.2, 0) is 0 Å². The van der Waals surface area contributed by atoms with Gasteiger partial charge in [0.05, 0.1) is 11.0 Å². The lowest BCUT2D eigenvalue weighted by Gasteiger charge is -2.18. The second-order valence-electron chi connectivity index (χ2n) is 11.9. The van der Waals surface area contributed by atoms with Crippen LogP contribution < -0.4 is 0 Å². The lowest BCUT2D eigenvalue weighted by molar-refractivity contribution is 0.669. The van der Waals surface area contributed by atoms with Crippen molar-refractivity contribution >= 4 is 65.0 Å². The van der Waals surface area contributed by atoms with Gasteiger partial charge in [0.2, 0.25) is 0 Å². The summed E-state index contributed by atoms with van der Waals surface area (Å²) in [7, 11) is 0. The zero-order valence-corrected chi connectivity index (χ0v) is 25.0. The molecule has 0 N–H and O–H groups in total. The molecular weight excluding hydrogens is 569 g/mol. The highest BCUT2D eigenvalue weighted by Crippen LogP contribution is 2.45. The van der Waals surface area contributed by atoms with E-state index in [1.165, 1.54) is 0 Å². The van der Waals surface area contributed by atoms with Crippen LogP contribution in [0.4, 0.5) is 0 Å². The van der Waals surface area contributed by atoms with Gasteiger partial charge in [-0.15, -0.1) is 0 Å². The quantitative estimate of drug-likeness (QED) is 0.183. The Hall–Kier alpha value is -6.18. The molecule has 1 nitrogen and oxygen atoms in total. The van der Waals surface area contributed by atoms with Crippen molar-refractivity contribution < 1.29 is 15.4 Å². The third-order valence-electron chi connectivity index (χ3n) is 9.26. The largest absolute Gasteiger partial charge is 0.456 e. The standard InChI is InChI=1S/C46H28O/c1-2-11-32-26-35(25-20-29(32)10-1)45-39-16-7-5-14-37(39)44(38-15-6-8-17-40(38)45)31-23-21-30(22-24-31)36-18-9-19-42-46(36)41-27-33-12-3-4-13-34(33)28-43(41)47-42/h1-28H/i5D,6D,7D,8D,14D,15D,16D,17D. The van der Waals surface area contributed by atoms with E-state index >= 15 is 0 Å². The molecule has 10 rings (SSSR count). The maximum Gasteiger partial charge on any atom is 0.136 e. The smallest absolute Gasteiger partial charge is 0.136 e. The number of benzene rings is 9. The molecule has 1 heteroatoms. The normalized spacial score (nSPS) is 14.2. The summed E-state index contributed by atoms with van der Waals surface area (Å²) in [5.41, 5.74) is 5.15. The first kappa shape index (κ1) is 19.4. The molecule has 0 saturated carbocycles. The summed E-state index contributed by atoms with van der Waals surface area (Å²) >= 11 is 0. The van der Waals surface area contributed by atoms with E-state index in [0.29, 0.717) is 22.3 Å². The molecule has 0 bridgehead atoms. The maximum absolute atomic E-state index is 9.29. The molecule has 0 aliphatic rings. The molecule has 0 atom stereocenters. The molecule has 1 heterocycles. The van der Waals surface area contributed by atoms with Gasteiger partial charge in [0.25, 0.3) is 0 Å². The van der Waals surface area contributed by atoms with E-state index in [4.69, 9.17) is 9.90 Å². The van der Waals surface area contributed by atoms with Gasteiger partial charge in [0.15, 0.2) is 0 Å². The summed E-state index contributed by atoms with van der Waals surface area (Å²) in [5, 5.41) is 6.76. The van der Waals surface area contributed by atoms with Crippen LogP contribution >= 0.6 is 0 Å². The molecule has 10 aromatic rings. The Morgan fingerprint density at radius 2 is 0.915 bits per heavy atom. The molecule has 0 aliphatic carbocycles. The molecule has 9 aromatic carbocycles. The van der Waals surface area contributed by atoms with Gasteiger partial charge in [-0.1, -0.05) is 145 Å². The van der Waals surface area contributed by atoms with E-state index in [0.717, 1.165) is 54.6 Å². The average molecular weight is 605 g/mol. The Labute approximate surface area is 283 Å². The van der Waals surface area contributed by atoms with Gasteiger partial charge in [-0.2, -0.15) is 0 Å². The predicted molar refractivity (Wildman–Crippen MR) is 200 cm³/mol. The van der Waals surface area contributed by atoms with Gasteiger partial charge >= 0.3 is 0 Å². The van der Waals surface area contributed by atoms with Crippen molar-refractivity contribution in [3.05, 3.63) is 170 Å². The second-order valence-corrected chi connectivity index (χ2v) is 11.9. The average Bonchev–Trinajstić information content (AvgIpc) is 3.58. The minimum absolute atomic E-state index is 0.189. The summed E-state index contributed by atoms with van der Waals surface area (Å²) in [6, 6.07) is 36.5. The van der Waals surface area contributed by atoms with Crippen molar-refractivity contribution in [2.45, 2.75) is 0 Å². The highest BCUT2D eigenvalue weighted by Gasteiger charge is 2.18. The Morgan fingerprint density at radius 1 is 0.383 bits per heavy atom. The van der Waals surface area contributed by atoms with Gasteiger partial charge < -0.3 is 4.42 Å². The third kappa shape index (κ3) is 4.03. The van der Waals surface area contributed by atoms with Crippen LogP contribution in [0.5, 0.6) is 0 Å². The van der Waals surface area contributed by atoms with Crippen molar-refractivity contribution in [3.8, 4) is 33.4 Å². The van der Waals surface area contributed by atoms with Crippen LogP contribution in [0, 0.1) is 0 Å². The fourth-order valence-corrected chi connectivity index (χ4v) is 7.12. The molecule has 0 saturated heterocycles. The number of furan rings is 1.